The quantitative estimate of drug-likeness (QED) is 0.848. The fraction of sp³-hybridized carbons (Fsp3) is 0.500. The predicted octanol–water partition coefficient (Wildman–Crippen LogP) is 3.32. The van der Waals surface area contributed by atoms with Gasteiger partial charge in [-0.15, -0.1) is 0 Å². The third-order valence-corrected chi connectivity index (χ3v) is 5.06. The highest BCUT2D eigenvalue weighted by Crippen LogP contribution is 2.34. The van der Waals surface area contributed by atoms with Crippen LogP contribution in [-0.2, 0) is 0 Å². The van der Waals surface area contributed by atoms with Gasteiger partial charge in [0.1, 0.15) is 22.3 Å². The number of thiocarbonyl (C=S) groups is 1. The summed E-state index contributed by atoms with van der Waals surface area (Å²) in [7, 11) is 0. The van der Waals surface area contributed by atoms with Crippen LogP contribution in [0.25, 0.3) is 0 Å². The number of hydrogen-bond donors (Lipinski definition) is 1. The molecule has 1 aliphatic heterocycles. The van der Waals surface area contributed by atoms with Crippen molar-refractivity contribution in [2.24, 2.45) is 5.73 Å². The Bertz CT molecular complexity index is 509. The zero-order valence-corrected chi connectivity index (χ0v) is 13.2. The molecule has 0 aliphatic carbocycles. The molecule has 110 valence electrons. The predicted molar refractivity (Wildman–Crippen MR) is 85.6 cm³/mol. The molecular formula is C14H18F2N2S2. The summed E-state index contributed by atoms with van der Waals surface area (Å²) in [6, 6.07) is 2.42. The third-order valence-electron chi connectivity index (χ3n) is 3.46. The van der Waals surface area contributed by atoms with Crippen LogP contribution < -0.4 is 10.6 Å². The fourth-order valence-electron chi connectivity index (χ4n) is 2.25. The Morgan fingerprint density at radius 3 is 2.45 bits per heavy atom. The lowest BCUT2D eigenvalue weighted by molar-refractivity contribution is 0.563. The topological polar surface area (TPSA) is 29.3 Å². The number of rotatable bonds is 2. The van der Waals surface area contributed by atoms with Crippen molar-refractivity contribution in [3.05, 3.63) is 29.3 Å². The van der Waals surface area contributed by atoms with Gasteiger partial charge in [-0.1, -0.05) is 26.1 Å². The van der Waals surface area contributed by atoms with Crippen LogP contribution in [0.4, 0.5) is 14.5 Å². The Morgan fingerprint density at radius 2 is 1.90 bits per heavy atom. The zero-order chi connectivity index (χ0) is 14.9. The van der Waals surface area contributed by atoms with E-state index in [1.807, 2.05) is 11.8 Å². The summed E-state index contributed by atoms with van der Waals surface area (Å²) >= 11 is 6.59. The first-order valence-corrected chi connectivity index (χ1v) is 7.87. The molecule has 6 heteroatoms. The maximum atomic E-state index is 14.2. The number of benzene rings is 1. The molecule has 0 radical (unpaired) electrons. The molecule has 0 unspecified atom stereocenters. The van der Waals surface area contributed by atoms with Gasteiger partial charge in [0.25, 0.3) is 0 Å². The summed E-state index contributed by atoms with van der Waals surface area (Å²) in [5, 5.41) is 0. The molecule has 0 bridgehead atoms. The van der Waals surface area contributed by atoms with E-state index in [0.717, 1.165) is 12.2 Å². The Kier molecular flexibility index (Phi) is 4.54. The molecule has 1 aromatic carbocycles. The molecule has 1 aromatic rings. The average molecular weight is 316 g/mol. The monoisotopic (exact) mass is 316 g/mol. The molecule has 1 aliphatic rings. The SMILES string of the molecule is CC1(C)CCN(c2c(F)cc(C(N)=S)cc2F)CCS1. The van der Waals surface area contributed by atoms with Crippen LogP contribution in [0.3, 0.4) is 0 Å². The van der Waals surface area contributed by atoms with Gasteiger partial charge in [-0.05, 0) is 18.6 Å². The maximum absolute atomic E-state index is 14.2. The Hall–Kier alpha value is -0.880. The Balaban J connectivity index is 2.31. The van der Waals surface area contributed by atoms with Crippen LogP contribution in [0, 0.1) is 11.6 Å². The summed E-state index contributed by atoms with van der Waals surface area (Å²) in [4.78, 5) is 1.78. The number of hydrogen-bond acceptors (Lipinski definition) is 3. The fourth-order valence-corrected chi connectivity index (χ4v) is 3.47. The van der Waals surface area contributed by atoms with Crippen LogP contribution in [0.15, 0.2) is 12.1 Å². The first-order valence-electron chi connectivity index (χ1n) is 6.48. The van der Waals surface area contributed by atoms with E-state index in [-0.39, 0.29) is 21.0 Å². The van der Waals surface area contributed by atoms with E-state index in [1.165, 1.54) is 12.1 Å². The molecule has 0 atom stereocenters. The summed E-state index contributed by atoms with van der Waals surface area (Å²) < 4.78 is 28.5. The van der Waals surface area contributed by atoms with Crippen LogP contribution in [0.2, 0.25) is 0 Å². The van der Waals surface area contributed by atoms with Crippen LogP contribution in [-0.4, -0.2) is 28.6 Å². The lowest BCUT2D eigenvalue weighted by atomic mass is 10.1. The van der Waals surface area contributed by atoms with Crippen molar-refractivity contribution in [2.75, 3.05) is 23.7 Å². The van der Waals surface area contributed by atoms with Crippen LogP contribution >= 0.6 is 24.0 Å². The van der Waals surface area contributed by atoms with Crippen LogP contribution in [0.1, 0.15) is 25.8 Å². The summed E-state index contributed by atoms with van der Waals surface area (Å²) in [5.74, 6) is -0.349. The van der Waals surface area contributed by atoms with Crippen molar-refractivity contribution in [2.45, 2.75) is 25.0 Å². The molecule has 0 amide bonds. The van der Waals surface area contributed by atoms with Gasteiger partial charge in [-0.25, -0.2) is 8.78 Å². The van der Waals surface area contributed by atoms with Crippen molar-refractivity contribution in [1.82, 2.24) is 0 Å². The lowest BCUT2D eigenvalue weighted by Crippen LogP contribution is -2.29. The van der Waals surface area contributed by atoms with Gasteiger partial charge in [-0.3, -0.25) is 0 Å². The largest absolute Gasteiger partial charge is 0.389 e. The molecule has 0 aromatic heterocycles. The smallest absolute Gasteiger partial charge is 0.150 e. The van der Waals surface area contributed by atoms with Gasteiger partial charge < -0.3 is 10.6 Å². The molecule has 0 saturated carbocycles. The molecule has 20 heavy (non-hydrogen) atoms. The van der Waals surface area contributed by atoms with E-state index in [1.54, 1.807) is 4.90 Å². The van der Waals surface area contributed by atoms with Gasteiger partial charge >= 0.3 is 0 Å². The second kappa shape index (κ2) is 5.85. The highest BCUT2D eigenvalue weighted by molar-refractivity contribution is 8.00. The number of thioether (sulfide) groups is 1. The van der Waals surface area contributed by atoms with Gasteiger partial charge in [0.2, 0.25) is 0 Å². The average Bonchev–Trinajstić information content (AvgIpc) is 2.50. The third kappa shape index (κ3) is 3.41. The van der Waals surface area contributed by atoms with E-state index in [4.69, 9.17) is 18.0 Å². The van der Waals surface area contributed by atoms with Gasteiger partial charge in [-0.2, -0.15) is 11.8 Å². The molecular weight excluding hydrogens is 298 g/mol. The first-order chi connectivity index (χ1) is 9.30. The van der Waals surface area contributed by atoms with E-state index in [9.17, 15) is 8.78 Å². The van der Waals surface area contributed by atoms with Crippen molar-refractivity contribution < 1.29 is 8.78 Å². The highest BCUT2D eigenvalue weighted by atomic mass is 32.2. The minimum atomic E-state index is -0.600. The van der Waals surface area contributed by atoms with Crippen molar-refractivity contribution in [3.8, 4) is 0 Å². The Labute approximate surface area is 127 Å². The number of nitrogens with zero attached hydrogens (tertiary/aromatic N) is 1. The van der Waals surface area contributed by atoms with Crippen LogP contribution in [0.5, 0.6) is 0 Å². The Morgan fingerprint density at radius 1 is 1.30 bits per heavy atom. The molecule has 2 N–H and O–H groups in total. The van der Waals surface area contributed by atoms with Gasteiger partial charge in [0, 0.05) is 29.2 Å². The molecule has 1 fully saturated rings. The van der Waals surface area contributed by atoms with E-state index < -0.39 is 11.6 Å². The normalized spacial score (nSPS) is 18.7. The zero-order valence-electron chi connectivity index (χ0n) is 11.6. The maximum Gasteiger partial charge on any atom is 0.150 e. The standard InChI is InChI=1S/C14H18F2N2S2/c1-14(2)3-4-18(5-6-20-14)12-10(15)7-9(13(17)19)8-11(12)16/h7-8H,3-6H2,1-2H3,(H2,17,19). The minimum Gasteiger partial charge on any atom is -0.389 e. The summed E-state index contributed by atoms with van der Waals surface area (Å²) in [6.07, 6.45) is 0.883. The lowest BCUT2D eigenvalue weighted by Gasteiger charge is -2.25. The second-order valence-electron chi connectivity index (χ2n) is 5.50. The minimum absolute atomic E-state index is 0.00176. The molecule has 2 rings (SSSR count). The molecule has 1 saturated heterocycles. The number of nitrogens with two attached hydrogens (primary N) is 1. The van der Waals surface area contributed by atoms with E-state index in [2.05, 4.69) is 13.8 Å². The summed E-state index contributed by atoms with van der Waals surface area (Å²) in [6.45, 7) is 5.59. The summed E-state index contributed by atoms with van der Waals surface area (Å²) in [5.41, 5.74) is 5.68. The first kappa shape index (κ1) is 15.5. The van der Waals surface area contributed by atoms with E-state index >= 15 is 0 Å². The number of halogens is 2. The number of anilines is 1. The molecule has 1 heterocycles. The van der Waals surface area contributed by atoms with E-state index in [0.29, 0.717) is 13.1 Å². The van der Waals surface area contributed by atoms with Gasteiger partial charge in [0.15, 0.2) is 0 Å². The molecule has 0 spiro atoms. The highest BCUT2D eigenvalue weighted by Gasteiger charge is 2.26. The van der Waals surface area contributed by atoms with Crippen molar-refractivity contribution in [1.29, 1.82) is 0 Å². The second-order valence-corrected chi connectivity index (χ2v) is 7.74. The van der Waals surface area contributed by atoms with Gasteiger partial charge in [0.05, 0.1) is 0 Å². The molecule has 2 nitrogen and oxygen atoms in total. The van der Waals surface area contributed by atoms with Crippen molar-refractivity contribution >= 4 is 34.7 Å². The van der Waals surface area contributed by atoms with Crippen molar-refractivity contribution in [3.63, 3.8) is 0 Å².